The van der Waals surface area contributed by atoms with Gasteiger partial charge in [-0.05, 0) is 36.1 Å². The van der Waals surface area contributed by atoms with Crippen LogP contribution in [0, 0.1) is 10.1 Å². The molecular formula is C22H22N4O5. The van der Waals surface area contributed by atoms with Gasteiger partial charge in [0.05, 0.1) is 16.0 Å². The number of non-ortho nitro benzene ring substituents is 1. The molecule has 2 N–H and O–H groups in total. The van der Waals surface area contributed by atoms with Gasteiger partial charge in [0.1, 0.15) is 5.82 Å². The van der Waals surface area contributed by atoms with Gasteiger partial charge in [-0.1, -0.05) is 24.3 Å². The van der Waals surface area contributed by atoms with E-state index in [1.54, 1.807) is 12.1 Å². The van der Waals surface area contributed by atoms with E-state index in [2.05, 4.69) is 15.4 Å². The number of rotatable bonds is 7. The highest BCUT2D eigenvalue weighted by Crippen LogP contribution is 2.20. The molecule has 1 unspecified atom stereocenters. The van der Waals surface area contributed by atoms with Crippen molar-refractivity contribution in [1.29, 1.82) is 0 Å². The van der Waals surface area contributed by atoms with Gasteiger partial charge in [-0.3, -0.25) is 14.9 Å². The van der Waals surface area contributed by atoms with Gasteiger partial charge in [-0.15, -0.1) is 0 Å². The van der Waals surface area contributed by atoms with Gasteiger partial charge in [0.25, 0.3) is 11.6 Å². The highest BCUT2D eigenvalue weighted by atomic mass is 16.8. The second kappa shape index (κ2) is 9.50. The number of hydrogen-bond acceptors (Lipinski definition) is 6. The summed E-state index contributed by atoms with van der Waals surface area (Å²) in [4.78, 5) is 35.2. The second-order valence-electron chi connectivity index (χ2n) is 7.27. The SMILES string of the molecule is O=C(C=Cc1ccc(Cc2nc3ccc([N+](=O)[O-])cc3[nH]2)cc1)NOC1CCCCO1. The molecule has 4 rings (SSSR count). The van der Waals surface area contributed by atoms with E-state index < -0.39 is 4.92 Å². The largest absolute Gasteiger partial charge is 0.350 e. The third-order valence-corrected chi connectivity index (χ3v) is 4.93. The summed E-state index contributed by atoms with van der Waals surface area (Å²) in [6, 6.07) is 12.2. The van der Waals surface area contributed by atoms with Crippen LogP contribution in [0.15, 0.2) is 48.5 Å². The zero-order chi connectivity index (χ0) is 21.6. The Balaban J connectivity index is 1.32. The summed E-state index contributed by atoms with van der Waals surface area (Å²) in [7, 11) is 0. The lowest BCUT2D eigenvalue weighted by Gasteiger charge is -2.21. The Morgan fingerprint density at radius 3 is 2.87 bits per heavy atom. The number of aromatic amines is 1. The molecule has 160 valence electrons. The molecule has 1 atom stereocenters. The van der Waals surface area contributed by atoms with Gasteiger partial charge >= 0.3 is 0 Å². The van der Waals surface area contributed by atoms with Crippen molar-refractivity contribution in [1.82, 2.24) is 15.4 Å². The van der Waals surface area contributed by atoms with Gasteiger partial charge < -0.3 is 9.72 Å². The summed E-state index contributed by atoms with van der Waals surface area (Å²) in [6.45, 7) is 0.649. The molecule has 3 aromatic rings. The minimum absolute atomic E-state index is 0.0274. The van der Waals surface area contributed by atoms with Crippen molar-refractivity contribution in [2.45, 2.75) is 32.0 Å². The molecule has 0 radical (unpaired) electrons. The highest BCUT2D eigenvalue weighted by molar-refractivity contribution is 5.90. The Morgan fingerprint density at radius 2 is 2.13 bits per heavy atom. The Labute approximate surface area is 178 Å². The number of nitrogens with zero attached hydrogens (tertiary/aromatic N) is 2. The van der Waals surface area contributed by atoms with Crippen LogP contribution >= 0.6 is 0 Å². The van der Waals surface area contributed by atoms with Crippen LogP contribution in [0.4, 0.5) is 5.69 Å². The van der Waals surface area contributed by atoms with Crippen LogP contribution in [0.1, 0.15) is 36.2 Å². The van der Waals surface area contributed by atoms with Crippen molar-refractivity contribution in [3.05, 3.63) is 75.6 Å². The van der Waals surface area contributed by atoms with Gasteiger partial charge in [-0.2, -0.15) is 0 Å². The summed E-state index contributed by atoms with van der Waals surface area (Å²) < 4.78 is 5.39. The number of amides is 1. The number of imidazole rings is 1. The number of carbonyl (C=O) groups excluding carboxylic acids is 1. The lowest BCUT2D eigenvalue weighted by Crippen LogP contribution is -2.32. The summed E-state index contributed by atoms with van der Waals surface area (Å²) >= 11 is 0. The summed E-state index contributed by atoms with van der Waals surface area (Å²) in [5, 5.41) is 10.9. The van der Waals surface area contributed by atoms with E-state index in [0.29, 0.717) is 24.1 Å². The monoisotopic (exact) mass is 422 g/mol. The van der Waals surface area contributed by atoms with Gasteiger partial charge in [0.15, 0.2) is 6.29 Å². The van der Waals surface area contributed by atoms with E-state index in [1.165, 1.54) is 18.2 Å². The van der Waals surface area contributed by atoms with Crippen molar-refractivity contribution in [3.63, 3.8) is 0 Å². The number of benzene rings is 2. The van der Waals surface area contributed by atoms with Crippen molar-refractivity contribution in [3.8, 4) is 0 Å². The second-order valence-corrected chi connectivity index (χ2v) is 7.27. The minimum atomic E-state index is -0.428. The quantitative estimate of drug-likeness (QED) is 0.341. The third kappa shape index (κ3) is 5.53. The molecule has 1 aromatic heterocycles. The topological polar surface area (TPSA) is 119 Å². The maximum absolute atomic E-state index is 11.9. The molecule has 2 aromatic carbocycles. The number of nitro benzene ring substituents is 1. The number of carbonyl (C=O) groups is 1. The molecular weight excluding hydrogens is 400 g/mol. The first kappa shape index (κ1) is 20.7. The fourth-order valence-corrected chi connectivity index (χ4v) is 3.32. The van der Waals surface area contributed by atoms with E-state index in [1.807, 2.05) is 24.3 Å². The van der Waals surface area contributed by atoms with Crippen molar-refractivity contribution in [2.75, 3.05) is 6.61 Å². The van der Waals surface area contributed by atoms with Crippen LogP contribution in [0.2, 0.25) is 0 Å². The van der Waals surface area contributed by atoms with Crippen LogP contribution < -0.4 is 5.48 Å². The zero-order valence-corrected chi connectivity index (χ0v) is 16.7. The van der Waals surface area contributed by atoms with Crippen molar-refractivity contribution < 1.29 is 19.3 Å². The molecule has 1 amide bonds. The third-order valence-electron chi connectivity index (χ3n) is 4.93. The first-order chi connectivity index (χ1) is 15.1. The molecule has 0 bridgehead atoms. The molecule has 0 saturated carbocycles. The smallest absolute Gasteiger partial charge is 0.271 e. The summed E-state index contributed by atoms with van der Waals surface area (Å²) in [5.74, 6) is 0.370. The van der Waals surface area contributed by atoms with E-state index in [-0.39, 0.29) is 17.9 Å². The Hall–Kier alpha value is -3.56. The number of hydrogen-bond donors (Lipinski definition) is 2. The number of nitro groups is 1. The fourth-order valence-electron chi connectivity index (χ4n) is 3.32. The maximum Gasteiger partial charge on any atom is 0.271 e. The van der Waals surface area contributed by atoms with Gasteiger partial charge in [0, 0.05) is 37.7 Å². The molecule has 1 aliphatic rings. The number of H-pyrrole nitrogens is 1. The van der Waals surface area contributed by atoms with E-state index in [4.69, 9.17) is 9.57 Å². The van der Waals surface area contributed by atoms with Crippen molar-refractivity contribution in [2.24, 2.45) is 0 Å². The predicted octanol–water partition coefficient (Wildman–Crippen LogP) is 3.65. The van der Waals surface area contributed by atoms with E-state index in [9.17, 15) is 14.9 Å². The normalized spacial score (nSPS) is 16.6. The van der Waals surface area contributed by atoms with E-state index in [0.717, 1.165) is 36.2 Å². The van der Waals surface area contributed by atoms with Gasteiger partial charge in [0.2, 0.25) is 0 Å². The molecule has 1 fully saturated rings. The standard InChI is InChI=1S/C22H22N4O5/c27-21(25-31-22-3-1-2-12-30-22)11-8-15-4-6-16(7-5-15)13-20-23-18-10-9-17(26(28)29)14-19(18)24-20/h4-11,14,22H,1-3,12-13H2,(H,23,24)(H,25,27). The molecule has 2 heterocycles. The highest BCUT2D eigenvalue weighted by Gasteiger charge is 2.15. The number of nitrogens with one attached hydrogen (secondary N) is 2. The average molecular weight is 422 g/mol. The number of hydroxylamine groups is 1. The molecule has 1 aliphatic heterocycles. The van der Waals surface area contributed by atoms with Crippen LogP contribution in [0.25, 0.3) is 17.1 Å². The first-order valence-electron chi connectivity index (χ1n) is 10.0. The number of fused-ring (bicyclic) bond motifs is 1. The molecule has 0 aliphatic carbocycles. The Kier molecular flexibility index (Phi) is 6.34. The van der Waals surface area contributed by atoms with Crippen LogP contribution in [-0.2, 0) is 20.8 Å². The lowest BCUT2D eigenvalue weighted by atomic mass is 10.1. The minimum Gasteiger partial charge on any atom is -0.350 e. The molecule has 31 heavy (non-hydrogen) atoms. The summed E-state index contributed by atoms with van der Waals surface area (Å²) in [5.41, 5.74) is 5.62. The average Bonchev–Trinajstić information content (AvgIpc) is 3.19. The molecule has 9 nitrogen and oxygen atoms in total. The molecule has 0 spiro atoms. The predicted molar refractivity (Wildman–Crippen MR) is 114 cm³/mol. The Bertz CT molecular complexity index is 1100. The summed E-state index contributed by atoms with van der Waals surface area (Å²) in [6.07, 6.45) is 6.10. The van der Waals surface area contributed by atoms with Crippen LogP contribution in [0.3, 0.4) is 0 Å². The fraction of sp³-hybridized carbons (Fsp3) is 0.273. The van der Waals surface area contributed by atoms with Crippen LogP contribution in [-0.4, -0.2) is 33.7 Å². The number of ether oxygens (including phenoxy) is 1. The molecule has 1 saturated heterocycles. The first-order valence-corrected chi connectivity index (χ1v) is 10.0. The van der Waals surface area contributed by atoms with Crippen molar-refractivity contribution >= 4 is 28.7 Å². The van der Waals surface area contributed by atoms with Crippen LogP contribution in [0.5, 0.6) is 0 Å². The molecule has 9 heteroatoms. The maximum atomic E-state index is 11.9. The number of aromatic nitrogens is 2. The van der Waals surface area contributed by atoms with E-state index >= 15 is 0 Å². The van der Waals surface area contributed by atoms with Gasteiger partial charge in [-0.25, -0.2) is 15.3 Å². The lowest BCUT2D eigenvalue weighted by molar-refractivity contribution is -0.384. The Morgan fingerprint density at radius 1 is 1.29 bits per heavy atom. The zero-order valence-electron chi connectivity index (χ0n) is 16.7.